The molecule has 0 aromatic rings. The van der Waals surface area contributed by atoms with Crippen LogP contribution in [0.3, 0.4) is 0 Å². The van der Waals surface area contributed by atoms with Crippen molar-refractivity contribution < 1.29 is 22.0 Å². The molecule has 0 unspecified atom stereocenters. The Kier molecular flexibility index (Phi) is 8.65. The summed E-state index contributed by atoms with van der Waals surface area (Å²) in [4.78, 5) is 0. The Bertz CT molecular complexity index is 201. The van der Waals surface area contributed by atoms with Gasteiger partial charge in [-0.1, -0.05) is 0 Å². The molecule has 2 nitrogen and oxygen atoms in total. The number of alkyl halides is 3. The zero-order chi connectivity index (χ0) is 14.3. The largest absolute Gasteiger partial charge is 0.421 e. The first-order chi connectivity index (χ1) is 7.33. The predicted molar refractivity (Wildman–Crippen MR) is 70.3 cm³/mol. The van der Waals surface area contributed by atoms with Crippen molar-refractivity contribution in [3.05, 3.63) is 0 Å². The molecule has 0 aromatic carbocycles. The average Bonchev–Trinajstić information content (AvgIpc) is 2.14. The number of hydrogen-bond donors (Lipinski definition) is 0. The van der Waals surface area contributed by atoms with Crippen molar-refractivity contribution in [1.82, 2.24) is 0 Å². The number of rotatable bonds is 4. The topological polar surface area (TPSA) is 18.5 Å². The highest BCUT2D eigenvalue weighted by atomic mass is 28.4. The highest BCUT2D eigenvalue weighted by molar-refractivity contribution is 6.71. The zero-order valence-corrected chi connectivity index (χ0v) is 13.9. The lowest BCUT2D eigenvalue weighted by Crippen LogP contribution is -2.30. The van der Waals surface area contributed by atoms with E-state index in [9.17, 15) is 13.2 Å². The maximum atomic E-state index is 11.7. The third-order valence-corrected chi connectivity index (χ3v) is 5.96. The van der Waals surface area contributed by atoms with Gasteiger partial charge in [-0.2, -0.15) is 13.2 Å². The minimum Gasteiger partial charge on any atom is -0.421 e. The summed E-state index contributed by atoms with van der Waals surface area (Å²) < 4.78 is 45.1. The molecule has 0 rings (SSSR count). The van der Waals surface area contributed by atoms with Gasteiger partial charge in [0.1, 0.15) is 0 Å². The third kappa shape index (κ3) is 18.7. The van der Waals surface area contributed by atoms with Crippen LogP contribution in [0.25, 0.3) is 0 Å². The minimum atomic E-state index is -4.04. The molecule has 0 saturated carbocycles. The molecule has 0 fully saturated rings. The molecular formula is C10H25F3O2Si2. The van der Waals surface area contributed by atoms with E-state index in [1.165, 1.54) is 7.11 Å². The third-order valence-electron chi connectivity index (χ3n) is 2.18. The van der Waals surface area contributed by atoms with Crippen LogP contribution in [0.2, 0.25) is 38.8 Å². The van der Waals surface area contributed by atoms with Crippen molar-refractivity contribution in [2.24, 2.45) is 0 Å². The van der Waals surface area contributed by atoms with Crippen molar-refractivity contribution in [2.45, 2.75) is 51.4 Å². The van der Waals surface area contributed by atoms with Crippen molar-refractivity contribution in [2.75, 3.05) is 14.2 Å². The van der Waals surface area contributed by atoms with Crippen LogP contribution in [0, 0.1) is 0 Å². The molecule has 0 radical (unpaired) electrons. The first kappa shape index (κ1) is 19.5. The van der Waals surface area contributed by atoms with E-state index < -0.39 is 29.2 Å². The summed E-state index contributed by atoms with van der Waals surface area (Å²) in [6.45, 7) is 10.0. The summed E-state index contributed by atoms with van der Waals surface area (Å²) >= 11 is 0. The van der Waals surface area contributed by atoms with Gasteiger partial charge in [-0.3, -0.25) is 0 Å². The van der Waals surface area contributed by atoms with Crippen LogP contribution in [0.5, 0.6) is 0 Å². The fourth-order valence-electron chi connectivity index (χ4n) is 0.545. The first-order valence-corrected chi connectivity index (χ1v) is 12.0. The Morgan fingerprint density at radius 3 is 1.41 bits per heavy atom. The quantitative estimate of drug-likeness (QED) is 0.720. The van der Waals surface area contributed by atoms with Gasteiger partial charge >= 0.3 is 6.18 Å². The molecule has 0 aromatic heterocycles. The normalized spacial score (nSPS) is 13.1. The molecule has 0 heterocycles. The van der Waals surface area contributed by atoms with Crippen LogP contribution >= 0.6 is 0 Å². The van der Waals surface area contributed by atoms with Gasteiger partial charge in [0.25, 0.3) is 0 Å². The van der Waals surface area contributed by atoms with Gasteiger partial charge in [-0.05, 0) is 38.8 Å². The summed E-state index contributed by atoms with van der Waals surface area (Å²) in [6.07, 6.45) is -4.76. The monoisotopic (exact) mass is 290 g/mol. The fourth-order valence-corrected chi connectivity index (χ4v) is 1.63. The number of hydrogen-bond acceptors (Lipinski definition) is 2. The Hall–Kier alpha value is 0.144. The molecule has 0 spiro atoms. The second-order valence-corrected chi connectivity index (χ2v) is 14.5. The van der Waals surface area contributed by atoms with Gasteiger partial charge in [0.05, 0.1) is 0 Å². The smallest absolute Gasteiger partial charge is 0.388 e. The molecule has 0 aliphatic rings. The molecule has 0 aliphatic carbocycles. The summed E-state index contributed by atoms with van der Waals surface area (Å²) in [6, 6.07) is 0.146. The van der Waals surface area contributed by atoms with E-state index in [1.54, 1.807) is 20.2 Å². The van der Waals surface area contributed by atoms with Crippen LogP contribution in [-0.2, 0) is 8.85 Å². The summed E-state index contributed by atoms with van der Waals surface area (Å²) in [5, 5.41) is 0. The van der Waals surface area contributed by atoms with E-state index >= 15 is 0 Å². The van der Waals surface area contributed by atoms with Crippen LogP contribution in [0.1, 0.15) is 6.42 Å². The van der Waals surface area contributed by atoms with Crippen molar-refractivity contribution in [3.8, 4) is 0 Å². The van der Waals surface area contributed by atoms with Gasteiger partial charge in [0.15, 0.2) is 16.6 Å². The first-order valence-electron chi connectivity index (χ1n) is 5.50. The second kappa shape index (κ2) is 7.55. The fraction of sp³-hybridized carbons (Fsp3) is 1.00. The molecule has 0 aliphatic heterocycles. The molecule has 0 saturated heterocycles. The van der Waals surface area contributed by atoms with Crippen LogP contribution in [0.15, 0.2) is 0 Å². The van der Waals surface area contributed by atoms with Gasteiger partial charge in [0.2, 0.25) is 0 Å². The van der Waals surface area contributed by atoms with E-state index in [1.807, 2.05) is 0 Å². The highest BCUT2D eigenvalue weighted by Gasteiger charge is 2.32. The summed E-state index contributed by atoms with van der Waals surface area (Å²) in [5.74, 6) is 0. The van der Waals surface area contributed by atoms with Gasteiger partial charge in [-0.25, -0.2) is 0 Å². The second-order valence-electron chi connectivity index (χ2n) is 5.40. The lowest BCUT2D eigenvalue weighted by Gasteiger charge is -2.20. The lowest BCUT2D eigenvalue weighted by atomic mass is 10.5. The minimum absolute atomic E-state index is 0.146. The van der Waals surface area contributed by atoms with E-state index in [-0.39, 0.29) is 6.04 Å². The molecule has 106 valence electrons. The Morgan fingerprint density at radius 1 is 0.882 bits per heavy atom. The highest BCUT2D eigenvalue weighted by Crippen LogP contribution is 2.25. The van der Waals surface area contributed by atoms with Crippen LogP contribution in [-0.4, -0.2) is 37.0 Å². The molecule has 17 heavy (non-hydrogen) atoms. The van der Waals surface area contributed by atoms with E-state index in [0.717, 1.165) is 0 Å². The number of halogens is 3. The zero-order valence-electron chi connectivity index (χ0n) is 11.9. The van der Waals surface area contributed by atoms with Crippen molar-refractivity contribution in [1.29, 1.82) is 0 Å². The molecule has 0 N–H and O–H groups in total. The standard InChI is InChI=1S/C6H13F3OSi.C4H12OSi/c1-10-11(2,3)5-4-6(7,8)9;1-5-6(2,3)4/h4-5H2,1-3H3;1-4H3. The van der Waals surface area contributed by atoms with Crippen LogP contribution in [0.4, 0.5) is 13.2 Å². The molecule has 7 heteroatoms. The molecular weight excluding hydrogens is 265 g/mol. The lowest BCUT2D eigenvalue weighted by molar-refractivity contribution is -0.131. The van der Waals surface area contributed by atoms with E-state index in [4.69, 9.17) is 8.85 Å². The predicted octanol–water partition coefficient (Wildman–Crippen LogP) is 4.26. The molecule has 0 atom stereocenters. The summed E-state index contributed by atoms with van der Waals surface area (Å²) in [5.41, 5.74) is 0. The van der Waals surface area contributed by atoms with Gasteiger partial charge in [0, 0.05) is 20.6 Å². The van der Waals surface area contributed by atoms with Gasteiger partial charge in [-0.15, -0.1) is 0 Å². The Morgan fingerprint density at radius 2 is 1.24 bits per heavy atom. The van der Waals surface area contributed by atoms with Crippen LogP contribution < -0.4 is 0 Å². The SMILES string of the molecule is CO[Si](C)(C)C.CO[Si](C)(C)CCC(F)(F)F. The molecule has 0 amide bonds. The molecule has 0 bridgehead atoms. The van der Waals surface area contributed by atoms with Gasteiger partial charge < -0.3 is 8.85 Å². The maximum Gasteiger partial charge on any atom is 0.388 e. The maximum absolute atomic E-state index is 11.7. The van der Waals surface area contributed by atoms with Crippen molar-refractivity contribution >= 4 is 16.6 Å². The Labute approximate surface area is 105 Å². The van der Waals surface area contributed by atoms with E-state index in [0.29, 0.717) is 0 Å². The summed E-state index contributed by atoms with van der Waals surface area (Å²) in [7, 11) is 0.107. The average molecular weight is 290 g/mol. The Balaban J connectivity index is 0. The van der Waals surface area contributed by atoms with Crippen molar-refractivity contribution in [3.63, 3.8) is 0 Å². The van der Waals surface area contributed by atoms with E-state index in [2.05, 4.69) is 19.6 Å².